The number of aliphatic hydroxyl groups is 1. The second kappa shape index (κ2) is 11.9. The normalized spacial score (nSPS) is 14.3. The number of aliphatic carboxylic acids is 1. The highest BCUT2D eigenvalue weighted by Crippen LogP contribution is 2.41. The molecular weight excluding hydrogens is 558 g/mol. The highest BCUT2D eigenvalue weighted by atomic mass is 35.5. The van der Waals surface area contributed by atoms with E-state index in [4.69, 9.17) is 26.4 Å². The van der Waals surface area contributed by atoms with Crippen LogP contribution in [0.25, 0.3) is 42.8 Å². The van der Waals surface area contributed by atoms with E-state index in [1.54, 1.807) is 32.1 Å². The van der Waals surface area contributed by atoms with Gasteiger partial charge in [-0.05, 0) is 93.6 Å². The third kappa shape index (κ3) is 6.79. The molecule has 1 aliphatic heterocycles. The van der Waals surface area contributed by atoms with Crippen LogP contribution in [-0.2, 0) is 16.0 Å². The summed E-state index contributed by atoms with van der Waals surface area (Å²) in [5, 5.41) is 25.4. The van der Waals surface area contributed by atoms with Crippen LogP contribution in [0.15, 0.2) is 54.7 Å². The van der Waals surface area contributed by atoms with E-state index < -0.39 is 11.6 Å². The topological polar surface area (TPSA) is 97.5 Å². The third-order valence-electron chi connectivity index (χ3n) is 6.85. The van der Waals surface area contributed by atoms with Crippen molar-refractivity contribution in [2.75, 3.05) is 13.2 Å². The van der Waals surface area contributed by atoms with Gasteiger partial charge in [-0.3, -0.25) is 9.48 Å². The van der Waals surface area contributed by atoms with Crippen molar-refractivity contribution in [2.45, 2.75) is 58.6 Å². The van der Waals surface area contributed by atoms with Gasteiger partial charge in [-0.2, -0.15) is 5.10 Å². The van der Waals surface area contributed by atoms with Gasteiger partial charge < -0.3 is 14.9 Å². The Morgan fingerprint density at radius 3 is 2.41 bits per heavy atom. The lowest BCUT2D eigenvalue weighted by molar-refractivity contribution is -0.136. The quantitative estimate of drug-likeness (QED) is 0.217. The average molecular weight is 592 g/mol. The molecule has 7 nitrogen and oxygen atoms in total. The van der Waals surface area contributed by atoms with Crippen molar-refractivity contribution in [1.29, 1.82) is 0 Å². The lowest BCUT2D eigenvalue weighted by atomic mass is 9.93. The number of rotatable bonds is 5. The lowest BCUT2D eigenvalue weighted by Crippen LogP contribution is -2.20. The molecule has 1 saturated heterocycles. The molecule has 0 atom stereocenters. The summed E-state index contributed by atoms with van der Waals surface area (Å²) in [6, 6.07) is 16.3. The zero-order chi connectivity index (χ0) is 29.3. The molecule has 0 amide bonds. The molecule has 0 unspecified atom stereocenters. The van der Waals surface area contributed by atoms with E-state index in [0.29, 0.717) is 11.1 Å². The van der Waals surface area contributed by atoms with E-state index in [0.717, 1.165) is 80.0 Å². The van der Waals surface area contributed by atoms with E-state index in [9.17, 15) is 9.90 Å². The number of carboxylic acid groups (broad SMARTS) is 1. The number of ether oxygens (including phenoxy) is 1. The molecule has 5 aromatic rings. The Hall–Kier alpha value is -3.30. The third-order valence-corrected chi connectivity index (χ3v) is 8.24. The predicted molar refractivity (Wildman–Crippen MR) is 166 cm³/mol. The van der Waals surface area contributed by atoms with E-state index in [-0.39, 0.29) is 6.42 Å². The van der Waals surface area contributed by atoms with Crippen LogP contribution in [0.4, 0.5) is 0 Å². The van der Waals surface area contributed by atoms with Gasteiger partial charge in [0.2, 0.25) is 0 Å². The first-order valence-electron chi connectivity index (χ1n) is 13.7. The fraction of sp³-hybridized carbons (Fsp3) is 0.344. The van der Waals surface area contributed by atoms with Crippen molar-refractivity contribution in [3.8, 4) is 21.7 Å². The first kappa shape index (κ1) is 29.2. The maximum Gasteiger partial charge on any atom is 0.307 e. The van der Waals surface area contributed by atoms with Gasteiger partial charge in [0, 0.05) is 34.7 Å². The number of carboxylic acids is 1. The van der Waals surface area contributed by atoms with Crippen LogP contribution in [-0.4, -0.2) is 49.8 Å². The molecule has 0 saturated carbocycles. The maximum atomic E-state index is 11.7. The molecule has 0 bridgehead atoms. The molecule has 1 fully saturated rings. The summed E-state index contributed by atoms with van der Waals surface area (Å²) in [7, 11) is 0. The Labute approximate surface area is 248 Å². The molecule has 9 heteroatoms. The highest BCUT2D eigenvalue weighted by Gasteiger charge is 2.21. The van der Waals surface area contributed by atoms with Crippen molar-refractivity contribution >= 4 is 50.0 Å². The molecule has 2 N–H and O–H groups in total. The first-order chi connectivity index (χ1) is 19.5. The van der Waals surface area contributed by atoms with E-state index in [1.807, 2.05) is 43.5 Å². The van der Waals surface area contributed by atoms with Crippen LogP contribution in [0, 0.1) is 6.92 Å². The number of halogens is 1. The first-order valence-corrected chi connectivity index (χ1v) is 14.9. The number of benzene rings is 3. The number of fused-ring (bicyclic) bond motifs is 2. The molecule has 41 heavy (non-hydrogen) atoms. The molecule has 0 spiro atoms. The minimum Gasteiger partial charge on any atom is -0.481 e. The van der Waals surface area contributed by atoms with Crippen molar-refractivity contribution in [1.82, 2.24) is 14.8 Å². The predicted octanol–water partition coefficient (Wildman–Crippen LogP) is 7.70. The number of nitrogens with zero attached hydrogens (tertiary/aromatic N) is 3. The highest BCUT2D eigenvalue weighted by molar-refractivity contribution is 7.22. The van der Waals surface area contributed by atoms with E-state index in [1.165, 1.54) is 0 Å². The SMILES string of the molecule is CC(C)(C)O.Cc1cc2nc(-c3ccc4c(cnn4C4CCOCC4)c3)sc2c(-c2ccc(Cl)cc2)c1CC(=O)O. The molecule has 214 valence electrons. The van der Waals surface area contributed by atoms with Gasteiger partial charge in [-0.1, -0.05) is 23.7 Å². The minimum atomic E-state index is -0.857. The summed E-state index contributed by atoms with van der Waals surface area (Å²) in [4.78, 5) is 16.7. The Balaban J connectivity index is 0.000000623. The smallest absolute Gasteiger partial charge is 0.307 e. The summed E-state index contributed by atoms with van der Waals surface area (Å²) >= 11 is 7.73. The summed E-state index contributed by atoms with van der Waals surface area (Å²) in [6.45, 7) is 8.73. The second-order valence-corrected chi connectivity index (χ2v) is 12.8. The summed E-state index contributed by atoms with van der Waals surface area (Å²) in [5.74, 6) is -0.857. The Morgan fingerprint density at radius 2 is 1.76 bits per heavy atom. The van der Waals surface area contributed by atoms with Gasteiger partial charge in [-0.15, -0.1) is 11.3 Å². The number of hydrogen-bond donors (Lipinski definition) is 2. The number of thiazole rings is 1. The van der Waals surface area contributed by atoms with Gasteiger partial charge >= 0.3 is 5.97 Å². The Bertz CT molecular complexity index is 1690. The molecule has 0 aliphatic carbocycles. The maximum absolute atomic E-state index is 11.7. The van der Waals surface area contributed by atoms with Crippen LogP contribution in [0.3, 0.4) is 0 Å². The van der Waals surface area contributed by atoms with E-state index >= 15 is 0 Å². The van der Waals surface area contributed by atoms with E-state index in [2.05, 4.69) is 28.0 Å². The minimum absolute atomic E-state index is 0.0513. The molecule has 1 aliphatic rings. The van der Waals surface area contributed by atoms with Crippen LogP contribution >= 0.6 is 22.9 Å². The molecule has 3 heterocycles. The van der Waals surface area contributed by atoms with Crippen LogP contribution in [0.1, 0.15) is 50.8 Å². The van der Waals surface area contributed by atoms with Crippen molar-refractivity contribution in [3.05, 3.63) is 70.9 Å². The number of carbonyl (C=O) groups is 1. The van der Waals surface area contributed by atoms with Crippen molar-refractivity contribution in [3.63, 3.8) is 0 Å². The van der Waals surface area contributed by atoms with Crippen molar-refractivity contribution in [2.24, 2.45) is 0 Å². The van der Waals surface area contributed by atoms with Gasteiger partial charge in [0.15, 0.2) is 0 Å². The van der Waals surface area contributed by atoms with Gasteiger partial charge in [0.05, 0.1) is 40.0 Å². The van der Waals surface area contributed by atoms with Gasteiger partial charge in [0.25, 0.3) is 0 Å². The standard InChI is InChI=1S/C28H24ClN3O3S.C4H10O/c1-16-12-23-27(26(22(16)14-25(33)34)17-2-5-20(29)6-3-17)36-28(31-23)18-4-7-24-19(13-18)15-30-32(24)21-8-10-35-11-9-21;1-4(2,3)5/h2-7,12-13,15,21H,8-11,14H2,1H3,(H,33,34);5H,1-3H3. The average Bonchev–Trinajstić information content (AvgIpc) is 3.53. The molecule has 3 aromatic carbocycles. The summed E-state index contributed by atoms with van der Waals surface area (Å²) in [5.41, 5.74) is 6.09. The van der Waals surface area contributed by atoms with Gasteiger partial charge in [-0.25, -0.2) is 4.98 Å². The largest absolute Gasteiger partial charge is 0.481 e. The van der Waals surface area contributed by atoms with Crippen LogP contribution in [0.5, 0.6) is 0 Å². The zero-order valence-electron chi connectivity index (χ0n) is 23.6. The molecule has 2 aromatic heterocycles. The molecule has 6 rings (SSSR count). The second-order valence-electron chi connectivity index (χ2n) is 11.4. The Kier molecular flexibility index (Phi) is 8.47. The fourth-order valence-electron chi connectivity index (χ4n) is 5.07. The van der Waals surface area contributed by atoms with Crippen LogP contribution in [0.2, 0.25) is 5.02 Å². The van der Waals surface area contributed by atoms with Crippen LogP contribution < -0.4 is 0 Å². The molecular formula is C32H34ClN3O4S. The lowest BCUT2D eigenvalue weighted by Gasteiger charge is -2.23. The van der Waals surface area contributed by atoms with Crippen molar-refractivity contribution < 1.29 is 19.7 Å². The monoisotopic (exact) mass is 591 g/mol. The van der Waals surface area contributed by atoms with Gasteiger partial charge in [0.1, 0.15) is 5.01 Å². The summed E-state index contributed by atoms with van der Waals surface area (Å²) < 4.78 is 8.62. The number of aryl methyl sites for hydroxylation is 1. The fourth-order valence-corrected chi connectivity index (χ4v) is 6.33. The zero-order valence-corrected chi connectivity index (χ0v) is 25.2. The molecule has 0 radical (unpaired) electrons. The number of hydrogen-bond acceptors (Lipinski definition) is 6. The number of aromatic nitrogens is 3. The Morgan fingerprint density at radius 1 is 1.10 bits per heavy atom. The summed E-state index contributed by atoms with van der Waals surface area (Å²) in [6.07, 6.45) is 3.82.